The summed E-state index contributed by atoms with van der Waals surface area (Å²) >= 11 is 0. The number of ether oxygens (including phenoxy) is 1. The molecule has 0 radical (unpaired) electrons. The van der Waals surface area contributed by atoms with Crippen LogP contribution in [0.5, 0.6) is 0 Å². The van der Waals surface area contributed by atoms with Gasteiger partial charge < -0.3 is 10.1 Å². The van der Waals surface area contributed by atoms with Gasteiger partial charge in [-0.2, -0.15) is 5.10 Å². The van der Waals surface area contributed by atoms with Crippen molar-refractivity contribution in [2.24, 2.45) is 13.0 Å². The highest BCUT2D eigenvalue weighted by molar-refractivity contribution is 5.65. The molecule has 1 N–H and O–H groups in total. The summed E-state index contributed by atoms with van der Waals surface area (Å²) in [5.74, 6) is 2.84. The van der Waals surface area contributed by atoms with E-state index in [1.54, 1.807) is 17.1 Å². The molecule has 4 aromatic rings. The first-order valence-electron chi connectivity index (χ1n) is 9.26. The summed E-state index contributed by atoms with van der Waals surface area (Å²) < 4.78 is 9.24. The zero-order valence-electron chi connectivity index (χ0n) is 15.5. The molecule has 1 atom stereocenters. The van der Waals surface area contributed by atoms with E-state index >= 15 is 0 Å². The first kappa shape index (κ1) is 16.8. The highest BCUT2D eigenvalue weighted by Crippen LogP contribution is 2.22. The van der Waals surface area contributed by atoms with Gasteiger partial charge in [0.15, 0.2) is 5.65 Å². The predicted molar refractivity (Wildman–Crippen MR) is 103 cm³/mol. The van der Waals surface area contributed by atoms with Crippen LogP contribution in [-0.2, 0) is 18.2 Å². The van der Waals surface area contributed by atoms with Gasteiger partial charge in [0.25, 0.3) is 0 Å². The fraction of sp³-hybridized carbons (Fsp3) is 0.316. The minimum absolute atomic E-state index is 0.518. The molecule has 0 saturated carbocycles. The maximum atomic E-state index is 5.47. The van der Waals surface area contributed by atoms with Gasteiger partial charge in [-0.3, -0.25) is 9.08 Å². The normalized spacial score (nSPS) is 16.7. The number of nitrogens with zero attached hydrogens (tertiary/aromatic N) is 7. The van der Waals surface area contributed by atoms with Crippen molar-refractivity contribution in [3.8, 4) is 11.3 Å². The largest absolute Gasteiger partial charge is 0.381 e. The average Bonchev–Trinajstić information content (AvgIpc) is 3.45. The average molecular weight is 376 g/mol. The predicted octanol–water partition coefficient (Wildman–Crippen LogP) is 2.24. The standard InChI is InChI=1S/C19H20N8O/c1-26-16(3-7-21-26)23-19-20-6-2-15(22-19)14-4-8-27-17(24-25-18(27)11-14)10-13-5-9-28-12-13/h2-4,6-8,11,13H,5,9-10,12H2,1H3,(H,20,22,23). The van der Waals surface area contributed by atoms with Crippen LogP contribution in [0.4, 0.5) is 11.8 Å². The van der Waals surface area contributed by atoms with Crippen LogP contribution in [-0.4, -0.2) is 47.6 Å². The zero-order valence-corrected chi connectivity index (χ0v) is 15.5. The van der Waals surface area contributed by atoms with Crippen molar-refractivity contribution in [1.29, 1.82) is 0 Å². The molecular formula is C19H20N8O. The molecule has 5 rings (SSSR count). The number of aryl methyl sites for hydroxylation is 1. The summed E-state index contributed by atoms with van der Waals surface area (Å²) in [6.45, 7) is 1.65. The summed E-state index contributed by atoms with van der Waals surface area (Å²) in [7, 11) is 1.86. The van der Waals surface area contributed by atoms with Gasteiger partial charge in [0, 0.05) is 50.7 Å². The van der Waals surface area contributed by atoms with E-state index in [0.29, 0.717) is 11.9 Å². The summed E-state index contributed by atoms with van der Waals surface area (Å²) in [4.78, 5) is 8.91. The molecule has 0 spiro atoms. The molecule has 1 aliphatic rings. The molecule has 0 bridgehead atoms. The Morgan fingerprint density at radius 2 is 2.18 bits per heavy atom. The minimum Gasteiger partial charge on any atom is -0.381 e. The van der Waals surface area contributed by atoms with Crippen LogP contribution in [0.3, 0.4) is 0 Å². The molecule has 1 unspecified atom stereocenters. The van der Waals surface area contributed by atoms with Gasteiger partial charge >= 0.3 is 0 Å². The van der Waals surface area contributed by atoms with Crippen molar-refractivity contribution in [2.45, 2.75) is 12.8 Å². The number of nitrogens with one attached hydrogen (secondary N) is 1. The lowest BCUT2D eigenvalue weighted by Gasteiger charge is -2.08. The van der Waals surface area contributed by atoms with Crippen molar-refractivity contribution >= 4 is 17.4 Å². The molecular weight excluding hydrogens is 356 g/mol. The monoisotopic (exact) mass is 376 g/mol. The smallest absolute Gasteiger partial charge is 0.228 e. The van der Waals surface area contributed by atoms with Crippen molar-refractivity contribution in [3.05, 3.63) is 48.7 Å². The molecule has 4 aromatic heterocycles. The number of anilines is 2. The lowest BCUT2D eigenvalue weighted by Crippen LogP contribution is -2.07. The Morgan fingerprint density at radius 1 is 1.21 bits per heavy atom. The summed E-state index contributed by atoms with van der Waals surface area (Å²) in [6, 6.07) is 7.78. The molecule has 1 aliphatic heterocycles. The molecule has 142 valence electrons. The van der Waals surface area contributed by atoms with E-state index in [-0.39, 0.29) is 0 Å². The second kappa shape index (κ2) is 7.01. The quantitative estimate of drug-likeness (QED) is 0.571. The van der Waals surface area contributed by atoms with Gasteiger partial charge in [-0.1, -0.05) is 0 Å². The third kappa shape index (κ3) is 3.20. The zero-order chi connectivity index (χ0) is 18.9. The number of aromatic nitrogens is 7. The highest BCUT2D eigenvalue weighted by Gasteiger charge is 2.19. The van der Waals surface area contributed by atoms with E-state index in [2.05, 4.69) is 30.6 Å². The molecule has 0 aliphatic carbocycles. The topological polar surface area (TPSA) is 95.1 Å². The van der Waals surface area contributed by atoms with Gasteiger partial charge in [0.2, 0.25) is 5.95 Å². The number of pyridine rings is 1. The lowest BCUT2D eigenvalue weighted by atomic mass is 10.1. The van der Waals surface area contributed by atoms with E-state index in [1.165, 1.54) is 0 Å². The Bertz CT molecular complexity index is 1110. The molecule has 9 heteroatoms. The van der Waals surface area contributed by atoms with Crippen molar-refractivity contribution in [2.75, 3.05) is 18.5 Å². The fourth-order valence-corrected chi connectivity index (χ4v) is 3.43. The van der Waals surface area contributed by atoms with Gasteiger partial charge in [0.1, 0.15) is 11.6 Å². The second-order valence-electron chi connectivity index (χ2n) is 6.92. The number of hydrogen-bond acceptors (Lipinski definition) is 7. The summed E-state index contributed by atoms with van der Waals surface area (Å²) in [5, 5.41) is 16.0. The summed E-state index contributed by atoms with van der Waals surface area (Å²) in [5.41, 5.74) is 2.59. The SMILES string of the molecule is Cn1nccc1Nc1nccc(-c2ccn3c(CC4CCOC4)nnc3c2)n1. The van der Waals surface area contributed by atoms with Crippen LogP contribution in [0.1, 0.15) is 12.2 Å². The molecule has 1 saturated heterocycles. The van der Waals surface area contributed by atoms with Crippen LogP contribution in [0.25, 0.3) is 16.9 Å². The molecule has 5 heterocycles. The molecule has 0 aromatic carbocycles. The van der Waals surface area contributed by atoms with Crippen molar-refractivity contribution in [1.82, 2.24) is 34.3 Å². The molecule has 0 amide bonds. The first-order valence-corrected chi connectivity index (χ1v) is 9.26. The Kier molecular flexibility index (Phi) is 4.21. The first-order chi connectivity index (χ1) is 13.8. The molecule has 28 heavy (non-hydrogen) atoms. The Hall–Kier alpha value is -3.33. The van der Waals surface area contributed by atoms with E-state index in [4.69, 9.17) is 4.74 Å². The third-order valence-corrected chi connectivity index (χ3v) is 4.99. The Morgan fingerprint density at radius 3 is 3.00 bits per heavy atom. The maximum Gasteiger partial charge on any atom is 0.228 e. The number of fused-ring (bicyclic) bond motifs is 1. The number of rotatable bonds is 5. The van der Waals surface area contributed by atoms with Crippen LogP contribution < -0.4 is 5.32 Å². The minimum atomic E-state index is 0.518. The van der Waals surface area contributed by atoms with E-state index in [0.717, 1.165) is 54.6 Å². The van der Waals surface area contributed by atoms with Gasteiger partial charge in [-0.15, -0.1) is 10.2 Å². The van der Waals surface area contributed by atoms with E-state index in [9.17, 15) is 0 Å². The van der Waals surface area contributed by atoms with Crippen LogP contribution in [0.2, 0.25) is 0 Å². The number of hydrogen-bond donors (Lipinski definition) is 1. The third-order valence-electron chi connectivity index (χ3n) is 4.99. The molecule has 1 fully saturated rings. The van der Waals surface area contributed by atoms with Crippen molar-refractivity contribution < 1.29 is 4.74 Å². The van der Waals surface area contributed by atoms with Crippen LogP contribution >= 0.6 is 0 Å². The maximum absolute atomic E-state index is 5.47. The van der Waals surface area contributed by atoms with E-state index < -0.39 is 0 Å². The van der Waals surface area contributed by atoms with Gasteiger partial charge in [-0.25, -0.2) is 9.97 Å². The summed E-state index contributed by atoms with van der Waals surface area (Å²) in [6.07, 6.45) is 7.43. The van der Waals surface area contributed by atoms with Crippen LogP contribution in [0.15, 0.2) is 42.9 Å². The Balaban J connectivity index is 1.41. The van der Waals surface area contributed by atoms with Crippen LogP contribution in [0, 0.1) is 5.92 Å². The van der Waals surface area contributed by atoms with Gasteiger partial charge in [-0.05, 0) is 30.5 Å². The lowest BCUT2D eigenvalue weighted by molar-refractivity contribution is 0.185. The van der Waals surface area contributed by atoms with E-state index in [1.807, 2.05) is 41.9 Å². The highest BCUT2D eigenvalue weighted by atomic mass is 16.5. The second-order valence-corrected chi connectivity index (χ2v) is 6.92. The fourth-order valence-electron chi connectivity index (χ4n) is 3.43. The van der Waals surface area contributed by atoms with Gasteiger partial charge in [0.05, 0.1) is 11.9 Å². The Labute approximate surface area is 161 Å². The molecule has 9 nitrogen and oxygen atoms in total. The van der Waals surface area contributed by atoms with Crippen molar-refractivity contribution in [3.63, 3.8) is 0 Å².